The molecule has 2 aromatic carbocycles. The second kappa shape index (κ2) is 8.52. The van der Waals surface area contributed by atoms with Crippen LogP contribution in [0.5, 0.6) is 23.0 Å². The molecule has 0 aliphatic carbocycles. The highest BCUT2D eigenvalue weighted by atomic mass is 16.6. The van der Waals surface area contributed by atoms with Gasteiger partial charge in [0.2, 0.25) is 11.8 Å². The quantitative estimate of drug-likeness (QED) is 0.783. The molecule has 0 spiro atoms. The van der Waals surface area contributed by atoms with Crippen molar-refractivity contribution >= 4 is 17.5 Å². The van der Waals surface area contributed by atoms with Crippen LogP contribution in [-0.2, 0) is 16.1 Å². The predicted molar refractivity (Wildman–Crippen MR) is 109 cm³/mol. The molecule has 1 unspecified atom stereocenters. The lowest BCUT2D eigenvalue weighted by molar-refractivity contribution is -0.126. The lowest BCUT2D eigenvalue weighted by atomic mass is 10.1. The maximum absolute atomic E-state index is 12.7. The van der Waals surface area contributed by atoms with Crippen LogP contribution in [0.15, 0.2) is 36.4 Å². The average molecular weight is 412 g/mol. The molecule has 0 saturated carbocycles. The number of methoxy groups -OCH3 is 2. The second-order valence-electron chi connectivity index (χ2n) is 7.14. The number of carbonyl (C=O) groups is 2. The van der Waals surface area contributed by atoms with Gasteiger partial charge in [-0.15, -0.1) is 0 Å². The van der Waals surface area contributed by atoms with Crippen LogP contribution in [0, 0.1) is 5.92 Å². The fraction of sp³-hybridized carbons (Fsp3) is 0.364. The normalized spacial score (nSPS) is 17.6. The van der Waals surface area contributed by atoms with Gasteiger partial charge in [-0.1, -0.05) is 6.07 Å². The molecule has 8 nitrogen and oxygen atoms in total. The number of hydrogen-bond donors (Lipinski definition) is 1. The summed E-state index contributed by atoms with van der Waals surface area (Å²) in [5, 5.41) is 2.91. The highest BCUT2D eigenvalue weighted by molar-refractivity contribution is 6.00. The molecule has 2 aliphatic heterocycles. The van der Waals surface area contributed by atoms with Crippen molar-refractivity contribution in [1.82, 2.24) is 5.32 Å². The molecular weight excluding hydrogens is 388 g/mol. The third-order valence-corrected chi connectivity index (χ3v) is 5.25. The molecular formula is C22H24N2O6. The Morgan fingerprint density at radius 2 is 1.83 bits per heavy atom. The van der Waals surface area contributed by atoms with E-state index >= 15 is 0 Å². The molecule has 8 heteroatoms. The molecule has 2 aliphatic rings. The molecule has 158 valence electrons. The summed E-state index contributed by atoms with van der Waals surface area (Å²) in [6.07, 6.45) is 0.173. The topological polar surface area (TPSA) is 86.3 Å². The first-order valence-electron chi connectivity index (χ1n) is 9.77. The molecule has 2 aromatic rings. The van der Waals surface area contributed by atoms with Crippen LogP contribution < -0.4 is 29.2 Å². The number of nitrogens with zero attached hydrogens (tertiary/aromatic N) is 1. The Hall–Kier alpha value is -3.42. The van der Waals surface area contributed by atoms with Crippen molar-refractivity contribution < 1.29 is 28.5 Å². The average Bonchev–Trinajstić information content (AvgIpc) is 3.18. The Morgan fingerprint density at radius 3 is 2.60 bits per heavy atom. The molecule has 2 heterocycles. The van der Waals surface area contributed by atoms with Crippen LogP contribution in [0.2, 0.25) is 0 Å². The van der Waals surface area contributed by atoms with Gasteiger partial charge in [-0.2, -0.15) is 0 Å². The van der Waals surface area contributed by atoms with Crippen LogP contribution in [0.4, 0.5) is 5.69 Å². The van der Waals surface area contributed by atoms with Gasteiger partial charge >= 0.3 is 0 Å². The van der Waals surface area contributed by atoms with E-state index in [1.54, 1.807) is 37.3 Å². The number of anilines is 1. The zero-order valence-corrected chi connectivity index (χ0v) is 17.0. The first kappa shape index (κ1) is 19.9. The SMILES string of the molecule is COc1ccc(CNC(=O)C2CC(=O)N(c3ccc4c(c3)OCCO4)C2)cc1OC. The highest BCUT2D eigenvalue weighted by Crippen LogP contribution is 2.36. The number of hydrogen-bond acceptors (Lipinski definition) is 6. The minimum Gasteiger partial charge on any atom is -0.493 e. The fourth-order valence-electron chi connectivity index (χ4n) is 3.66. The van der Waals surface area contributed by atoms with E-state index < -0.39 is 5.92 Å². The van der Waals surface area contributed by atoms with Crippen LogP contribution in [0.1, 0.15) is 12.0 Å². The second-order valence-corrected chi connectivity index (χ2v) is 7.14. The van der Waals surface area contributed by atoms with Crippen molar-refractivity contribution in [2.24, 2.45) is 5.92 Å². The number of fused-ring (bicyclic) bond motifs is 1. The summed E-state index contributed by atoms with van der Waals surface area (Å²) >= 11 is 0. The zero-order valence-electron chi connectivity index (χ0n) is 17.0. The van der Waals surface area contributed by atoms with E-state index in [0.29, 0.717) is 55.0 Å². The zero-order chi connectivity index (χ0) is 21.1. The molecule has 1 fully saturated rings. The summed E-state index contributed by atoms with van der Waals surface area (Å²) in [6.45, 7) is 1.66. The summed E-state index contributed by atoms with van der Waals surface area (Å²) in [6, 6.07) is 10.9. The molecule has 0 bridgehead atoms. The standard InChI is InChI=1S/C22H24N2O6/c1-27-17-5-3-14(9-19(17)28-2)12-23-22(26)15-10-21(25)24(13-15)16-4-6-18-20(11-16)30-8-7-29-18/h3-6,9,11,15H,7-8,10,12-13H2,1-2H3,(H,23,26). The number of benzene rings is 2. The van der Waals surface area contributed by atoms with E-state index in [4.69, 9.17) is 18.9 Å². The lowest BCUT2D eigenvalue weighted by Crippen LogP contribution is -2.32. The van der Waals surface area contributed by atoms with E-state index in [1.807, 2.05) is 18.2 Å². The maximum atomic E-state index is 12.7. The Morgan fingerprint density at radius 1 is 1.07 bits per heavy atom. The van der Waals surface area contributed by atoms with Crippen molar-refractivity contribution in [3.05, 3.63) is 42.0 Å². The largest absolute Gasteiger partial charge is 0.493 e. The monoisotopic (exact) mass is 412 g/mol. The molecule has 0 aromatic heterocycles. The molecule has 0 radical (unpaired) electrons. The summed E-state index contributed by atoms with van der Waals surface area (Å²) in [7, 11) is 3.14. The van der Waals surface area contributed by atoms with E-state index in [1.165, 1.54) is 0 Å². The molecule has 30 heavy (non-hydrogen) atoms. The van der Waals surface area contributed by atoms with Crippen LogP contribution in [0.25, 0.3) is 0 Å². The first-order valence-corrected chi connectivity index (χ1v) is 9.77. The molecule has 1 N–H and O–H groups in total. The minimum atomic E-state index is -0.411. The van der Waals surface area contributed by atoms with Crippen LogP contribution in [-0.4, -0.2) is 45.8 Å². The van der Waals surface area contributed by atoms with Gasteiger partial charge < -0.3 is 29.2 Å². The molecule has 2 amide bonds. The summed E-state index contributed by atoms with van der Waals surface area (Å²) in [4.78, 5) is 26.8. The van der Waals surface area contributed by atoms with Gasteiger partial charge in [-0.25, -0.2) is 0 Å². The van der Waals surface area contributed by atoms with Gasteiger partial charge in [-0.3, -0.25) is 9.59 Å². The lowest BCUT2D eigenvalue weighted by Gasteiger charge is -2.22. The number of ether oxygens (including phenoxy) is 4. The third kappa shape index (κ3) is 3.98. The van der Waals surface area contributed by atoms with Gasteiger partial charge in [0.05, 0.1) is 20.1 Å². The molecule has 1 saturated heterocycles. The first-order chi connectivity index (χ1) is 14.6. The summed E-state index contributed by atoms with van der Waals surface area (Å²) in [5.41, 5.74) is 1.59. The maximum Gasteiger partial charge on any atom is 0.227 e. The Balaban J connectivity index is 1.38. The number of carbonyl (C=O) groups excluding carboxylic acids is 2. The van der Waals surface area contributed by atoms with Gasteiger partial charge in [0.25, 0.3) is 0 Å². The van der Waals surface area contributed by atoms with Crippen molar-refractivity contribution in [1.29, 1.82) is 0 Å². The number of rotatable bonds is 6. The predicted octanol–water partition coefficient (Wildman–Crippen LogP) is 2.14. The fourth-order valence-corrected chi connectivity index (χ4v) is 3.66. The Labute approximate surface area is 174 Å². The number of amides is 2. The van der Waals surface area contributed by atoms with E-state index in [9.17, 15) is 9.59 Å². The number of nitrogens with one attached hydrogen (secondary N) is 1. The summed E-state index contributed by atoms with van der Waals surface area (Å²) in [5.74, 6) is 1.87. The van der Waals surface area contributed by atoms with E-state index in [2.05, 4.69) is 5.32 Å². The van der Waals surface area contributed by atoms with Crippen molar-refractivity contribution in [2.75, 3.05) is 38.9 Å². The van der Waals surface area contributed by atoms with Crippen molar-refractivity contribution in [3.8, 4) is 23.0 Å². The van der Waals surface area contributed by atoms with Gasteiger partial charge in [-0.05, 0) is 29.8 Å². The minimum absolute atomic E-state index is 0.0852. The van der Waals surface area contributed by atoms with Gasteiger partial charge in [0.1, 0.15) is 13.2 Å². The van der Waals surface area contributed by atoms with Crippen LogP contribution >= 0.6 is 0 Å². The van der Waals surface area contributed by atoms with Crippen molar-refractivity contribution in [2.45, 2.75) is 13.0 Å². The molecule has 1 atom stereocenters. The van der Waals surface area contributed by atoms with Gasteiger partial charge in [0, 0.05) is 31.3 Å². The smallest absolute Gasteiger partial charge is 0.227 e. The third-order valence-electron chi connectivity index (χ3n) is 5.25. The Kier molecular flexibility index (Phi) is 5.65. The van der Waals surface area contributed by atoms with Crippen molar-refractivity contribution in [3.63, 3.8) is 0 Å². The molecule has 4 rings (SSSR count). The van der Waals surface area contributed by atoms with E-state index in [-0.39, 0.29) is 18.2 Å². The highest BCUT2D eigenvalue weighted by Gasteiger charge is 2.35. The van der Waals surface area contributed by atoms with Crippen LogP contribution in [0.3, 0.4) is 0 Å². The van der Waals surface area contributed by atoms with Gasteiger partial charge in [0.15, 0.2) is 23.0 Å². The van der Waals surface area contributed by atoms with E-state index in [0.717, 1.165) is 5.56 Å². The Bertz CT molecular complexity index is 961. The summed E-state index contributed by atoms with van der Waals surface area (Å²) < 4.78 is 21.6.